The number of nitrogens with zero attached hydrogens (tertiary/aromatic N) is 3. The zero-order valence-electron chi connectivity index (χ0n) is 15.3. The van der Waals surface area contributed by atoms with E-state index in [0.29, 0.717) is 12.1 Å². The van der Waals surface area contributed by atoms with Crippen LogP contribution in [0, 0.1) is 11.3 Å². The maximum absolute atomic E-state index is 12.9. The second-order valence-corrected chi connectivity index (χ2v) is 7.25. The van der Waals surface area contributed by atoms with E-state index in [1.54, 1.807) is 23.2 Å². The predicted octanol–water partition coefficient (Wildman–Crippen LogP) is 1.43. The first-order chi connectivity index (χ1) is 12.4. The molecule has 7 nitrogen and oxygen atoms in total. The molecule has 0 aliphatic carbocycles. The van der Waals surface area contributed by atoms with Crippen molar-refractivity contribution in [3.05, 3.63) is 29.6 Å². The van der Waals surface area contributed by atoms with Crippen LogP contribution in [0.2, 0.25) is 0 Å². The summed E-state index contributed by atoms with van der Waals surface area (Å²) in [6, 6.07) is 3.41. The fourth-order valence-corrected chi connectivity index (χ4v) is 4.11. The van der Waals surface area contributed by atoms with Crippen LogP contribution in [0.1, 0.15) is 42.7 Å². The van der Waals surface area contributed by atoms with E-state index in [-0.39, 0.29) is 31.4 Å². The summed E-state index contributed by atoms with van der Waals surface area (Å²) in [6.07, 6.45) is 4.11. The molecule has 2 aliphatic rings. The number of carboxylic acids is 1. The van der Waals surface area contributed by atoms with Gasteiger partial charge in [0, 0.05) is 43.6 Å². The molecule has 2 aliphatic heterocycles. The van der Waals surface area contributed by atoms with Gasteiger partial charge in [0.1, 0.15) is 5.41 Å². The Hall–Kier alpha value is -2.44. The van der Waals surface area contributed by atoms with Crippen LogP contribution in [0.4, 0.5) is 0 Å². The average Bonchev–Trinajstić information content (AvgIpc) is 3.12. The van der Waals surface area contributed by atoms with Gasteiger partial charge in [0.2, 0.25) is 5.91 Å². The van der Waals surface area contributed by atoms with Gasteiger partial charge in [-0.3, -0.25) is 19.4 Å². The molecule has 2 saturated heterocycles. The Balaban J connectivity index is 1.83. The molecule has 1 N–H and O–H groups in total. The fourth-order valence-electron chi connectivity index (χ4n) is 4.11. The maximum Gasteiger partial charge on any atom is 0.314 e. The summed E-state index contributed by atoms with van der Waals surface area (Å²) in [5.74, 6) is -2.03. The highest BCUT2D eigenvalue weighted by Crippen LogP contribution is 2.44. The smallest absolute Gasteiger partial charge is 0.314 e. The van der Waals surface area contributed by atoms with Crippen molar-refractivity contribution in [2.24, 2.45) is 11.3 Å². The van der Waals surface area contributed by atoms with Gasteiger partial charge in [-0.2, -0.15) is 0 Å². The van der Waals surface area contributed by atoms with E-state index in [9.17, 15) is 19.5 Å². The highest BCUT2D eigenvalue weighted by molar-refractivity contribution is 5.98. The molecular formula is C19H25N3O4. The molecule has 0 unspecified atom stereocenters. The van der Waals surface area contributed by atoms with E-state index in [4.69, 9.17) is 0 Å². The molecule has 0 saturated carbocycles. The van der Waals surface area contributed by atoms with Crippen LogP contribution >= 0.6 is 0 Å². The minimum atomic E-state index is -1.19. The van der Waals surface area contributed by atoms with Gasteiger partial charge in [0.25, 0.3) is 5.91 Å². The SMILES string of the molecule is CCCc1cc(C(=O)N2C[C@H]3C(=O)N(CCC)C[C@@]3(C(=O)O)C2)ccn1. The largest absolute Gasteiger partial charge is 0.481 e. The Bertz CT molecular complexity index is 735. The first-order valence-electron chi connectivity index (χ1n) is 9.19. The molecule has 2 amide bonds. The van der Waals surface area contributed by atoms with Crippen LogP contribution in [0.5, 0.6) is 0 Å². The van der Waals surface area contributed by atoms with Crippen LogP contribution in [-0.2, 0) is 16.0 Å². The number of aryl methyl sites for hydroxylation is 1. The van der Waals surface area contributed by atoms with Gasteiger partial charge in [0.05, 0.1) is 5.92 Å². The number of carbonyl (C=O) groups excluding carboxylic acids is 2. The van der Waals surface area contributed by atoms with Crippen molar-refractivity contribution in [1.82, 2.24) is 14.8 Å². The summed E-state index contributed by atoms with van der Waals surface area (Å²) in [4.78, 5) is 45.0. The molecular weight excluding hydrogens is 334 g/mol. The highest BCUT2D eigenvalue weighted by atomic mass is 16.4. The van der Waals surface area contributed by atoms with E-state index in [2.05, 4.69) is 4.98 Å². The molecule has 1 aromatic rings. The molecule has 0 aromatic carbocycles. The van der Waals surface area contributed by atoms with Crippen molar-refractivity contribution in [2.45, 2.75) is 33.1 Å². The highest BCUT2D eigenvalue weighted by Gasteiger charge is 2.62. The minimum Gasteiger partial charge on any atom is -0.481 e. The summed E-state index contributed by atoms with van der Waals surface area (Å²) in [7, 11) is 0. The van der Waals surface area contributed by atoms with Gasteiger partial charge < -0.3 is 14.9 Å². The number of pyridine rings is 1. The lowest BCUT2D eigenvalue weighted by Crippen LogP contribution is -2.42. The summed E-state index contributed by atoms with van der Waals surface area (Å²) in [6.45, 7) is 4.98. The molecule has 0 spiro atoms. The monoisotopic (exact) mass is 359 g/mol. The number of aromatic nitrogens is 1. The van der Waals surface area contributed by atoms with Gasteiger partial charge in [-0.05, 0) is 25.0 Å². The van der Waals surface area contributed by atoms with Crippen molar-refractivity contribution in [3.63, 3.8) is 0 Å². The third-order valence-corrected chi connectivity index (χ3v) is 5.40. The molecule has 7 heteroatoms. The Morgan fingerprint density at radius 3 is 2.69 bits per heavy atom. The second kappa shape index (κ2) is 7.05. The molecule has 2 atom stereocenters. The summed E-state index contributed by atoms with van der Waals surface area (Å²) < 4.78 is 0. The van der Waals surface area contributed by atoms with Gasteiger partial charge in [-0.25, -0.2) is 0 Å². The van der Waals surface area contributed by atoms with Gasteiger partial charge in [0.15, 0.2) is 0 Å². The number of fused-ring (bicyclic) bond motifs is 1. The molecule has 3 heterocycles. The number of rotatable bonds is 6. The lowest BCUT2D eigenvalue weighted by Gasteiger charge is -2.25. The average molecular weight is 359 g/mol. The number of hydrogen-bond acceptors (Lipinski definition) is 4. The van der Waals surface area contributed by atoms with Crippen molar-refractivity contribution in [2.75, 3.05) is 26.2 Å². The van der Waals surface area contributed by atoms with Gasteiger partial charge in [-0.1, -0.05) is 20.3 Å². The van der Waals surface area contributed by atoms with Crippen LogP contribution in [-0.4, -0.2) is 63.9 Å². The van der Waals surface area contributed by atoms with E-state index in [1.165, 1.54) is 4.90 Å². The van der Waals surface area contributed by atoms with Crippen molar-refractivity contribution < 1.29 is 19.5 Å². The molecule has 2 fully saturated rings. The molecule has 26 heavy (non-hydrogen) atoms. The summed E-state index contributed by atoms with van der Waals surface area (Å²) >= 11 is 0. The normalized spacial score (nSPS) is 24.8. The zero-order chi connectivity index (χ0) is 18.9. The topological polar surface area (TPSA) is 90.8 Å². The number of likely N-dealkylation sites (tertiary alicyclic amines) is 2. The van der Waals surface area contributed by atoms with Gasteiger partial charge in [-0.15, -0.1) is 0 Å². The predicted molar refractivity (Wildman–Crippen MR) is 94.6 cm³/mol. The molecule has 0 bridgehead atoms. The van der Waals surface area contributed by atoms with Crippen LogP contribution in [0.3, 0.4) is 0 Å². The van der Waals surface area contributed by atoms with Crippen LogP contribution in [0.15, 0.2) is 18.3 Å². The molecule has 140 valence electrons. The standard InChI is InChI=1S/C19H25N3O4/c1-3-5-14-9-13(6-7-20-14)16(23)22-10-15-17(24)21(8-4-2)11-19(15,12-22)18(25)26/h6-7,9,15H,3-5,8,10-12H2,1-2H3,(H,25,26)/t15-,19+/m0/s1. The molecule has 3 rings (SSSR count). The second-order valence-electron chi connectivity index (χ2n) is 7.25. The number of aliphatic carboxylic acids is 1. The van der Waals surface area contributed by atoms with Crippen molar-refractivity contribution in [3.8, 4) is 0 Å². The van der Waals surface area contributed by atoms with Gasteiger partial charge >= 0.3 is 5.97 Å². The Morgan fingerprint density at radius 2 is 2.08 bits per heavy atom. The Kier molecular flexibility index (Phi) is 4.98. The Morgan fingerprint density at radius 1 is 1.31 bits per heavy atom. The first kappa shape index (κ1) is 18.4. The minimum absolute atomic E-state index is 0.0726. The van der Waals surface area contributed by atoms with Crippen LogP contribution in [0.25, 0.3) is 0 Å². The number of amides is 2. The number of carbonyl (C=O) groups is 3. The third kappa shape index (κ3) is 2.95. The van der Waals surface area contributed by atoms with E-state index in [1.807, 2.05) is 13.8 Å². The lowest BCUT2D eigenvalue weighted by atomic mass is 9.81. The number of hydrogen-bond donors (Lipinski definition) is 1. The lowest BCUT2D eigenvalue weighted by molar-refractivity contribution is -0.149. The summed E-state index contributed by atoms with van der Waals surface area (Å²) in [5, 5.41) is 9.84. The first-order valence-corrected chi connectivity index (χ1v) is 9.19. The Labute approximate surface area is 153 Å². The van der Waals surface area contributed by atoms with Crippen molar-refractivity contribution in [1.29, 1.82) is 0 Å². The van der Waals surface area contributed by atoms with E-state index in [0.717, 1.165) is 25.0 Å². The van der Waals surface area contributed by atoms with E-state index >= 15 is 0 Å². The van der Waals surface area contributed by atoms with E-state index < -0.39 is 17.3 Å². The van der Waals surface area contributed by atoms with Crippen molar-refractivity contribution >= 4 is 17.8 Å². The number of carboxylic acid groups (broad SMARTS) is 1. The zero-order valence-corrected chi connectivity index (χ0v) is 15.3. The quantitative estimate of drug-likeness (QED) is 0.830. The molecule has 0 radical (unpaired) electrons. The summed E-state index contributed by atoms with van der Waals surface area (Å²) in [5.41, 5.74) is 0.152. The fraction of sp³-hybridized carbons (Fsp3) is 0.579. The third-order valence-electron chi connectivity index (χ3n) is 5.40. The van der Waals surface area contributed by atoms with Crippen LogP contribution < -0.4 is 0 Å². The maximum atomic E-state index is 12.9. The molecule has 1 aromatic heterocycles.